The second-order valence-corrected chi connectivity index (χ2v) is 19.6. The summed E-state index contributed by atoms with van der Waals surface area (Å²) in [6.45, 7) is 9.07. The van der Waals surface area contributed by atoms with Crippen LogP contribution in [0.25, 0.3) is 10.8 Å². The molecular weight excluding hydrogens is 805 g/mol. The molecule has 312 valence electrons. The number of carbonyl (C=O) groups is 2. The smallest absolute Gasteiger partial charge is 0.343 e. The topological polar surface area (TPSA) is 77.4 Å². The standard InChI is InChI=1S/C50H54N2O5S3/c1-6-8-29-55-46(53)38(31-44(36-15-11-10-12-16-36)60-48(58)59-30-9-7-2)24-21-34-19-22-37(23-20-34)47(54)56-39-27-25-35-26-28-43-45(40(35)32-39)51-33-50(57-43)49(3,4)41-17-13-14-18-42(41)52(50)5/h10-20,22-23,25-28,32-33,38,44H,6-9,21,24,29-31H2,1-5H3. The zero-order valence-electron chi connectivity index (χ0n) is 35.1. The van der Waals surface area contributed by atoms with Crippen molar-refractivity contribution in [2.45, 2.75) is 89.0 Å². The Bertz CT molecular complexity index is 2350. The van der Waals surface area contributed by atoms with Gasteiger partial charge in [0.1, 0.15) is 20.7 Å². The van der Waals surface area contributed by atoms with E-state index < -0.39 is 11.7 Å². The molecule has 0 fully saturated rings. The van der Waals surface area contributed by atoms with Crippen LogP contribution >= 0.6 is 35.7 Å². The van der Waals surface area contributed by atoms with E-state index in [4.69, 9.17) is 31.4 Å². The Kier molecular flexibility index (Phi) is 14.0. The number of thioether (sulfide) groups is 2. The summed E-state index contributed by atoms with van der Waals surface area (Å²) < 4.78 is 19.5. The molecule has 60 heavy (non-hydrogen) atoms. The summed E-state index contributed by atoms with van der Waals surface area (Å²) >= 11 is 9.21. The molecule has 0 aliphatic carbocycles. The van der Waals surface area contributed by atoms with Crippen LogP contribution in [0, 0.1) is 5.92 Å². The van der Waals surface area contributed by atoms with Crippen molar-refractivity contribution >= 4 is 79.6 Å². The molecule has 0 saturated heterocycles. The number of benzene rings is 5. The molecule has 2 aliphatic rings. The number of rotatable bonds is 16. The second kappa shape index (κ2) is 19.4. The Hall–Kier alpha value is -4.64. The molecule has 0 saturated carbocycles. The maximum atomic E-state index is 13.6. The minimum Gasteiger partial charge on any atom is -0.465 e. The number of para-hydroxylation sites is 1. The lowest BCUT2D eigenvalue weighted by molar-refractivity contribution is -0.149. The number of thiocarbonyl (C=S) groups is 1. The van der Waals surface area contributed by atoms with E-state index in [1.807, 2.05) is 73.9 Å². The molecular formula is C50H54N2O5S3. The van der Waals surface area contributed by atoms with E-state index in [2.05, 4.69) is 62.9 Å². The third-order valence-electron chi connectivity index (χ3n) is 11.8. The summed E-state index contributed by atoms with van der Waals surface area (Å²) in [5.41, 5.74) is 4.49. The lowest BCUT2D eigenvalue weighted by atomic mass is 9.77. The monoisotopic (exact) mass is 858 g/mol. The van der Waals surface area contributed by atoms with Gasteiger partial charge in [-0.05, 0) is 110 Å². The zero-order chi connectivity index (χ0) is 42.3. The Morgan fingerprint density at radius 3 is 2.38 bits per heavy atom. The van der Waals surface area contributed by atoms with Crippen LogP contribution in [0.5, 0.6) is 11.5 Å². The van der Waals surface area contributed by atoms with Gasteiger partial charge in [-0.3, -0.25) is 9.79 Å². The number of esters is 2. The van der Waals surface area contributed by atoms with Crippen LogP contribution in [-0.4, -0.2) is 46.8 Å². The van der Waals surface area contributed by atoms with Crippen molar-refractivity contribution in [1.82, 2.24) is 0 Å². The van der Waals surface area contributed by atoms with Crippen molar-refractivity contribution < 1.29 is 23.8 Å². The predicted octanol–water partition coefficient (Wildman–Crippen LogP) is 12.9. The summed E-state index contributed by atoms with van der Waals surface area (Å²) in [5, 5.41) is 1.83. The first-order valence-corrected chi connectivity index (χ1v) is 23.3. The highest BCUT2D eigenvalue weighted by Gasteiger charge is 2.58. The number of carbonyl (C=O) groups excluding carboxylic acids is 2. The van der Waals surface area contributed by atoms with E-state index in [0.717, 1.165) is 62.6 Å². The number of nitrogens with zero attached hydrogens (tertiary/aromatic N) is 2. The van der Waals surface area contributed by atoms with Gasteiger partial charge in [0, 0.05) is 23.4 Å². The summed E-state index contributed by atoms with van der Waals surface area (Å²) in [6.07, 6.45) is 7.84. The van der Waals surface area contributed by atoms with Gasteiger partial charge in [0.15, 0.2) is 0 Å². The molecule has 5 aromatic carbocycles. The fourth-order valence-electron chi connectivity index (χ4n) is 8.13. The Morgan fingerprint density at radius 1 is 0.900 bits per heavy atom. The van der Waals surface area contributed by atoms with Crippen molar-refractivity contribution in [2.24, 2.45) is 10.9 Å². The van der Waals surface area contributed by atoms with E-state index in [1.165, 1.54) is 5.56 Å². The number of aryl methyl sites for hydroxylation is 1. The predicted molar refractivity (Wildman–Crippen MR) is 254 cm³/mol. The zero-order valence-corrected chi connectivity index (χ0v) is 37.6. The average Bonchev–Trinajstić information content (AvgIpc) is 3.42. The Morgan fingerprint density at radius 2 is 1.63 bits per heavy atom. The molecule has 3 atom stereocenters. The molecule has 2 aliphatic heterocycles. The summed E-state index contributed by atoms with van der Waals surface area (Å²) in [6, 6.07) is 35.7. The number of unbranched alkanes of at least 4 members (excludes halogenated alkanes) is 2. The summed E-state index contributed by atoms with van der Waals surface area (Å²) in [5.74, 6) is 1.16. The largest absolute Gasteiger partial charge is 0.465 e. The SMILES string of the molecule is CCCCOC(=O)C(CCc1ccc(C(=O)Oc2ccc3ccc4c(c3c2)N=CC2(O4)N(C)c3ccccc3C2(C)C)cc1)CC(SC(=S)SCCCC)c1ccccc1. The fraction of sp³-hybridized carbons (Fsp3) is 0.360. The van der Waals surface area contributed by atoms with Crippen LogP contribution in [0.3, 0.4) is 0 Å². The number of fused-ring (bicyclic) bond motifs is 4. The highest BCUT2D eigenvalue weighted by molar-refractivity contribution is 8.47. The maximum absolute atomic E-state index is 13.6. The van der Waals surface area contributed by atoms with E-state index >= 15 is 0 Å². The van der Waals surface area contributed by atoms with Crippen molar-refractivity contribution in [3.8, 4) is 11.5 Å². The molecule has 7 nitrogen and oxygen atoms in total. The van der Waals surface area contributed by atoms with E-state index in [-0.39, 0.29) is 22.6 Å². The van der Waals surface area contributed by atoms with Crippen LogP contribution in [0.4, 0.5) is 11.4 Å². The molecule has 1 spiro atoms. The van der Waals surface area contributed by atoms with Crippen molar-refractivity contribution in [3.05, 3.63) is 131 Å². The lowest BCUT2D eigenvalue weighted by Gasteiger charge is -2.45. The number of aliphatic imine (C=N–C) groups is 1. The third kappa shape index (κ3) is 9.31. The van der Waals surface area contributed by atoms with Crippen molar-refractivity contribution in [1.29, 1.82) is 0 Å². The number of hydrogen-bond donors (Lipinski definition) is 0. The first-order chi connectivity index (χ1) is 29.0. The molecule has 10 heteroatoms. The van der Waals surface area contributed by atoms with Gasteiger partial charge in [0.2, 0.25) is 5.72 Å². The van der Waals surface area contributed by atoms with E-state index in [0.29, 0.717) is 48.6 Å². The lowest BCUT2D eigenvalue weighted by Crippen LogP contribution is -2.61. The molecule has 7 rings (SSSR count). The van der Waals surface area contributed by atoms with Crippen LogP contribution in [0.2, 0.25) is 0 Å². The van der Waals surface area contributed by atoms with Crippen LogP contribution in [-0.2, 0) is 21.4 Å². The van der Waals surface area contributed by atoms with Gasteiger partial charge in [0.25, 0.3) is 0 Å². The van der Waals surface area contributed by atoms with Gasteiger partial charge < -0.3 is 19.1 Å². The molecule has 0 bridgehead atoms. The fourth-order valence-corrected chi connectivity index (χ4v) is 11.1. The molecule has 3 unspecified atom stereocenters. The number of hydrogen-bond acceptors (Lipinski definition) is 10. The van der Waals surface area contributed by atoms with Crippen molar-refractivity contribution in [3.63, 3.8) is 0 Å². The van der Waals surface area contributed by atoms with Crippen LogP contribution in [0.1, 0.15) is 98.5 Å². The highest BCUT2D eigenvalue weighted by atomic mass is 32.2. The average molecular weight is 859 g/mol. The second-order valence-electron chi connectivity index (χ2n) is 16.1. The van der Waals surface area contributed by atoms with Gasteiger partial charge in [-0.1, -0.05) is 123 Å². The van der Waals surface area contributed by atoms with Crippen LogP contribution in [0.15, 0.2) is 114 Å². The number of anilines is 1. The minimum atomic E-state index is -0.795. The minimum absolute atomic E-state index is 0.0317. The van der Waals surface area contributed by atoms with Gasteiger partial charge in [0.05, 0.1) is 29.7 Å². The first-order valence-electron chi connectivity index (χ1n) is 21.0. The Labute approximate surface area is 368 Å². The molecule has 0 radical (unpaired) electrons. The van der Waals surface area contributed by atoms with Crippen molar-refractivity contribution in [2.75, 3.05) is 24.3 Å². The quantitative estimate of drug-likeness (QED) is 0.0417. The highest BCUT2D eigenvalue weighted by Crippen LogP contribution is 2.54. The molecule has 0 N–H and O–H groups in total. The maximum Gasteiger partial charge on any atom is 0.343 e. The van der Waals surface area contributed by atoms with Gasteiger partial charge in [-0.25, -0.2) is 4.79 Å². The normalized spacial score (nSPS) is 17.1. The van der Waals surface area contributed by atoms with Gasteiger partial charge in [-0.15, -0.1) is 11.8 Å². The molecule has 2 heterocycles. The van der Waals surface area contributed by atoms with Crippen LogP contribution < -0.4 is 14.4 Å². The third-order valence-corrected chi connectivity index (χ3v) is 14.7. The molecule has 0 amide bonds. The number of likely N-dealkylation sites (N-methyl/N-ethyl adjacent to an activating group) is 1. The van der Waals surface area contributed by atoms with E-state index in [1.54, 1.807) is 41.7 Å². The van der Waals surface area contributed by atoms with E-state index in [9.17, 15) is 9.59 Å². The summed E-state index contributed by atoms with van der Waals surface area (Å²) in [4.78, 5) is 34.2. The molecule has 5 aromatic rings. The summed E-state index contributed by atoms with van der Waals surface area (Å²) in [7, 11) is 2.05. The van der Waals surface area contributed by atoms with Gasteiger partial charge in [-0.2, -0.15) is 0 Å². The van der Waals surface area contributed by atoms with Gasteiger partial charge >= 0.3 is 11.9 Å². The first kappa shape index (κ1) is 43.4. The number of ether oxygens (including phenoxy) is 3. The molecule has 0 aromatic heterocycles. The Balaban J connectivity index is 1.03.